The Bertz CT molecular complexity index is 255. The van der Waals surface area contributed by atoms with Crippen LogP contribution in [0.1, 0.15) is 24.6 Å². The van der Waals surface area contributed by atoms with Crippen molar-refractivity contribution in [2.24, 2.45) is 7.05 Å². The maximum absolute atomic E-state index is 4.35. The third-order valence-corrected chi connectivity index (χ3v) is 2.21. The lowest BCUT2D eigenvalue weighted by molar-refractivity contribution is 0.799. The summed E-state index contributed by atoms with van der Waals surface area (Å²) in [6.07, 6.45) is 4.64. The first kappa shape index (κ1) is 9.07. The number of halogens is 2. The molecule has 2 rings (SSSR count). The Labute approximate surface area is 80.5 Å². The first-order valence-corrected chi connectivity index (χ1v) is 4.25. The van der Waals surface area contributed by atoms with Gasteiger partial charge in [0.25, 0.3) is 0 Å². The quantitative estimate of drug-likeness (QED) is 0.734. The van der Waals surface area contributed by atoms with Crippen LogP contribution < -0.4 is 0 Å². The van der Waals surface area contributed by atoms with Crippen LogP contribution in [-0.4, -0.2) is 9.55 Å². The fraction of sp³-hybridized carbons (Fsp3) is 0.571. The minimum Gasteiger partial charge on any atom is -0.337 e. The lowest BCUT2D eigenvalue weighted by Crippen LogP contribution is -1.92. The molecule has 2 nitrogen and oxygen atoms in total. The van der Waals surface area contributed by atoms with Crippen LogP contribution in [0.15, 0.2) is 10.8 Å². The summed E-state index contributed by atoms with van der Waals surface area (Å²) in [7, 11) is 2.05. The van der Waals surface area contributed by atoms with Gasteiger partial charge in [-0.2, -0.15) is 0 Å². The molecule has 0 unspecified atom stereocenters. The molecule has 0 aliphatic heterocycles. The van der Waals surface area contributed by atoms with Gasteiger partial charge in [0, 0.05) is 19.2 Å². The maximum Gasteiger partial charge on any atom is 0.124 e. The van der Waals surface area contributed by atoms with E-state index in [0.29, 0.717) is 0 Å². The Balaban J connectivity index is 0.000000605. The van der Waals surface area contributed by atoms with Crippen molar-refractivity contribution in [1.82, 2.24) is 9.55 Å². The molecule has 4 heteroatoms. The number of imidazole rings is 1. The first-order chi connectivity index (χ1) is 4.77. The molecule has 1 heterocycles. The molecule has 1 aromatic heterocycles. The standard InChI is InChI=1S/C7H9BrN2.ClH/c1-10-4-6(8)9-7(10)5-2-3-5;/h4-5H,2-3H2,1H3;1H. The van der Waals surface area contributed by atoms with Gasteiger partial charge in [0.05, 0.1) is 0 Å². The number of hydrogen-bond acceptors (Lipinski definition) is 1. The fourth-order valence-electron chi connectivity index (χ4n) is 1.16. The highest BCUT2D eigenvalue weighted by Crippen LogP contribution is 2.39. The van der Waals surface area contributed by atoms with E-state index >= 15 is 0 Å². The Morgan fingerprint density at radius 1 is 1.64 bits per heavy atom. The van der Waals surface area contributed by atoms with Crippen molar-refractivity contribution in [3.05, 3.63) is 16.6 Å². The van der Waals surface area contributed by atoms with E-state index in [9.17, 15) is 0 Å². The smallest absolute Gasteiger partial charge is 0.124 e. The molecular formula is C7H10BrClN2. The van der Waals surface area contributed by atoms with Crippen LogP contribution in [0.2, 0.25) is 0 Å². The highest BCUT2D eigenvalue weighted by Gasteiger charge is 2.27. The molecule has 11 heavy (non-hydrogen) atoms. The Morgan fingerprint density at radius 2 is 2.27 bits per heavy atom. The molecule has 0 atom stereocenters. The van der Waals surface area contributed by atoms with Crippen LogP contribution in [0.4, 0.5) is 0 Å². The van der Waals surface area contributed by atoms with E-state index in [0.717, 1.165) is 10.5 Å². The summed E-state index contributed by atoms with van der Waals surface area (Å²) in [6, 6.07) is 0. The predicted molar refractivity (Wildman–Crippen MR) is 50.1 cm³/mol. The molecule has 1 aliphatic carbocycles. The van der Waals surface area contributed by atoms with Gasteiger partial charge in [-0.1, -0.05) is 0 Å². The van der Waals surface area contributed by atoms with Crippen LogP contribution in [0.25, 0.3) is 0 Å². The lowest BCUT2D eigenvalue weighted by Gasteiger charge is -1.94. The summed E-state index contributed by atoms with van der Waals surface area (Å²) < 4.78 is 3.05. The molecule has 1 aliphatic rings. The second-order valence-electron chi connectivity index (χ2n) is 2.81. The molecule has 1 saturated carbocycles. The molecule has 1 aromatic rings. The van der Waals surface area contributed by atoms with Crippen LogP contribution >= 0.6 is 28.3 Å². The van der Waals surface area contributed by atoms with Gasteiger partial charge in [0.1, 0.15) is 10.4 Å². The molecule has 0 radical (unpaired) electrons. The van der Waals surface area contributed by atoms with Gasteiger partial charge >= 0.3 is 0 Å². The largest absolute Gasteiger partial charge is 0.337 e. The predicted octanol–water partition coefficient (Wildman–Crippen LogP) is 2.48. The molecule has 0 spiro atoms. The second-order valence-corrected chi connectivity index (χ2v) is 3.62. The van der Waals surface area contributed by atoms with Gasteiger partial charge < -0.3 is 4.57 Å². The number of rotatable bonds is 1. The van der Waals surface area contributed by atoms with Crippen LogP contribution in [0, 0.1) is 0 Å². The summed E-state index contributed by atoms with van der Waals surface area (Å²) in [5.41, 5.74) is 0. The highest BCUT2D eigenvalue weighted by molar-refractivity contribution is 9.10. The highest BCUT2D eigenvalue weighted by atomic mass is 79.9. The summed E-state index contributed by atoms with van der Waals surface area (Å²) >= 11 is 3.35. The molecule has 0 saturated heterocycles. The van der Waals surface area contributed by atoms with E-state index in [1.807, 2.05) is 13.2 Å². The number of nitrogens with zero attached hydrogens (tertiary/aromatic N) is 2. The zero-order valence-electron chi connectivity index (χ0n) is 6.25. The van der Waals surface area contributed by atoms with E-state index in [-0.39, 0.29) is 12.4 Å². The van der Waals surface area contributed by atoms with E-state index in [1.165, 1.54) is 18.7 Å². The Morgan fingerprint density at radius 3 is 2.64 bits per heavy atom. The van der Waals surface area contributed by atoms with Gasteiger partial charge in [-0.25, -0.2) is 4.98 Å². The van der Waals surface area contributed by atoms with Crippen molar-refractivity contribution < 1.29 is 0 Å². The van der Waals surface area contributed by atoms with E-state index in [1.54, 1.807) is 0 Å². The molecule has 0 amide bonds. The molecule has 1 fully saturated rings. The molecule has 0 bridgehead atoms. The zero-order valence-corrected chi connectivity index (χ0v) is 8.65. The second kappa shape index (κ2) is 3.15. The van der Waals surface area contributed by atoms with Gasteiger partial charge in [-0.3, -0.25) is 0 Å². The minimum absolute atomic E-state index is 0. The zero-order chi connectivity index (χ0) is 7.14. The first-order valence-electron chi connectivity index (χ1n) is 3.46. The molecular weight excluding hydrogens is 227 g/mol. The van der Waals surface area contributed by atoms with E-state index < -0.39 is 0 Å². The van der Waals surface area contributed by atoms with Crippen molar-refractivity contribution in [1.29, 1.82) is 0 Å². The molecule has 62 valence electrons. The number of hydrogen-bond donors (Lipinski definition) is 0. The van der Waals surface area contributed by atoms with Crippen molar-refractivity contribution in [3.63, 3.8) is 0 Å². The number of aryl methyl sites for hydroxylation is 1. The SMILES string of the molecule is Cl.Cn1cc(Br)nc1C1CC1. The average molecular weight is 238 g/mol. The third-order valence-electron chi connectivity index (χ3n) is 1.83. The summed E-state index contributed by atoms with van der Waals surface area (Å²) in [5.74, 6) is 1.98. The molecule has 0 N–H and O–H groups in total. The van der Waals surface area contributed by atoms with Crippen molar-refractivity contribution in [2.75, 3.05) is 0 Å². The third kappa shape index (κ3) is 1.76. The summed E-state index contributed by atoms with van der Waals surface area (Å²) in [5, 5.41) is 0. The average Bonchev–Trinajstić information content (AvgIpc) is 2.61. The fourth-order valence-corrected chi connectivity index (χ4v) is 1.65. The van der Waals surface area contributed by atoms with E-state index in [4.69, 9.17) is 0 Å². The maximum atomic E-state index is 4.35. The van der Waals surface area contributed by atoms with Gasteiger partial charge in [-0.05, 0) is 28.8 Å². The van der Waals surface area contributed by atoms with Crippen LogP contribution in [0.3, 0.4) is 0 Å². The van der Waals surface area contributed by atoms with Crippen molar-refractivity contribution in [2.45, 2.75) is 18.8 Å². The van der Waals surface area contributed by atoms with E-state index in [2.05, 4.69) is 25.5 Å². The minimum atomic E-state index is 0. The van der Waals surface area contributed by atoms with Crippen molar-refractivity contribution >= 4 is 28.3 Å². The summed E-state index contributed by atoms with van der Waals surface area (Å²) in [4.78, 5) is 4.35. The van der Waals surface area contributed by atoms with Gasteiger partial charge in [0.15, 0.2) is 0 Å². The van der Waals surface area contributed by atoms with Crippen LogP contribution in [0.5, 0.6) is 0 Å². The topological polar surface area (TPSA) is 17.8 Å². The van der Waals surface area contributed by atoms with Gasteiger partial charge in [-0.15, -0.1) is 12.4 Å². The monoisotopic (exact) mass is 236 g/mol. The Hall–Kier alpha value is -0.0200. The van der Waals surface area contributed by atoms with Crippen LogP contribution in [-0.2, 0) is 7.05 Å². The summed E-state index contributed by atoms with van der Waals surface area (Å²) in [6.45, 7) is 0. The normalized spacial score (nSPS) is 16.2. The molecule has 0 aromatic carbocycles. The Kier molecular flexibility index (Phi) is 2.60. The van der Waals surface area contributed by atoms with Crippen molar-refractivity contribution in [3.8, 4) is 0 Å². The van der Waals surface area contributed by atoms with Gasteiger partial charge in [0.2, 0.25) is 0 Å². The number of aromatic nitrogens is 2. The lowest BCUT2D eigenvalue weighted by atomic mass is 10.4.